The second kappa shape index (κ2) is 4.27. The first-order chi connectivity index (χ1) is 7.65. The fourth-order valence-electron chi connectivity index (χ4n) is 2.27. The highest BCUT2D eigenvalue weighted by Crippen LogP contribution is 2.35. The van der Waals surface area contributed by atoms with Gasteiger partial charge in [-0.15, -0.1) is 12.4 Å². The highest BCUT2D eigenvalue weighted by molar-refractivity contribution is 6.01. The van der Waals surface area contributed by atoms with Gasteiger partial charge in [0.1, 0.15) is 5.82 Å². The zero-order valence-electron chi connectivity index (χ0n) is 9.23. The lowest BCUT2D eigenvalue weighted by Gasteiger charge is -2.17. The van der Waals surface area contributed by atoms with Gasteiger partial charge in [0.25, 0.3) is 0 Å². The standard InChI is InChI=1S/C12H13FN2O.ClH/c13-9-1-2-11-7(3-9)5-12(16)15(11)6-8-4-10(8)14;/h1-3,8,10H,4-6,14H2;1H. The van der Waals surface area contributed by atoms with Gasteiger partial charge in [-0.3, -0.25) is 4.79 Å². The van der Waals surface area contributed by atoms with Gasteiger partial charge in [0.2, 0.25) is 5.91 Å². The average Bonchev–Trinajstić information content (AvgIpc) is 2.82. The fraction of sp³-hybridized carbons (Fsp3) is 0.417. The number of fused-ring (bicyclic) bond motifs is 1. The predicted octanol–water partition coefficient (Wildman–Crippen LogP) is 1.48. The van der Waals surface area contributed by atoms with Gasteiger partial charge in [-0.05, 0) is 36.1 Å². The van der Waals surface area contributed by atoms with Gasteiger partial charge in [-0.25, -0.2) is 4.39 Å². The maximum atomic E-state index is 13.0. The molecule has 0 spiro atoms. The van der Waals surface area contributed by atoms with E-state index in [-0.39, 0.29) is 30.2 Å². The summed E-state index contributed by atoms with van der Waals surface area (Å²) in [6.07, 6.45) is 1.30. The monoisotopic (exact) mass is 256 g/mol. The van der Waals surface area contributed by atoms with E-state index in [0.29, 0.717) is 18.9 Å². The Balaban J connectivity index is 0.00000108. The molecule has 1 aromatic carbocycles. The van der Waals surface area contributed by atoms with Gasteiger partial charge in [0, 0.05) is 18.3 Å². The molecular formula is C12H14ClFN2O. The molecule has 3 rings (SSSR count). The maximum absolute atomic E-state index is 13.0. The summed E-state index contributed by atoms with van der Waals surface area (Å²) < 4.78 is 13.0. The van der Waals surface area contributed by atoms with E-state index >= 15 is 0 Å². The van der Waals surface area contributed by atoms with Crippen molar-refractivity contribution in [2.24, 2.45) is 11.7 Å². The molecule has 1 aliphatic heterocycles. The molecule has 1 aromatic rings. The van der Waals surface area contributed by atoms with Crippen molar-refractivity contribution in [2.45, 2.75) is 18.9 Å². The summed E-state index contributed by atoms with van der Waals surface area (Å²) in [5.74, 6) is 0.191. The summed E-state index contributed by atoms with van der Waals surface area (Å²) in [6, 6.07) is 4.76. The molecule has 2 N–H and O–H groups in total. The third kappa shape index (κ3) is 2.15. The van der Waals surface area contributed by atoms with E-state index < -0.39 is 0 Å². The first-order valence-corrected chi connectivity index (χ1v) is 5.49. The van der Waals surface area contributed by atoms with Crippen LogP contribution < -0.4 is 10.6 Å². The number of carbonyl (C=O) groups excluding carboxylic acids is 1. The lowest BCUT2D eigenvalue weighted by atomic mass is 10.1. The van der Waals surface area contributed by atoms with E-state index in [4.69, 9.17) is 5.73 Å². The van der Waals surface area contributed by atoms with E-state index in [1.165, 1.54) is 12.1 Å². The number of nitrogens with two attached hydrogens (primary N) is 1. The molecular weight excluding hydrogens is 243 g/mol. The zero-order valence-corrected chi connectivity index (χ0v) is 10.0. The number of rotatable bonds is 2. The van der Waals surface area contributed by atoms with Gasteiger partial charge < -0.3 is 10.6 Å². The quantitative estimate of drug-likeness (QED) is 0.871. The van der Waals surface area contributed by atoms with Crippen LogP contribution in [0.4, 0.5) is 10.1 Å². The van der Waals surface area contributed by atoms with Crippen LogP contribution >= 0.6 is 12.4 Å². The SMILES string of the molecule is Cl.NC1CC1CN1C(=O)Cc2cc(F)ccc21. The van der Waals surface area contributed by atoms with Crippen LogP contribution in [-0.4, -0.2) is 18.5 Å². The molecule has 1 amide bonds. The Kier molecular flexibility index (Phi) is 3.10. The molecule has 5 heteroatoms. The zero-order chi connectivity index (χ0) is 11.3. The molecule has 2 atom stereocenters. The van der Waals surface area contributed by atoms with Crippen molar-refractivity contribution in [3.05, 3.63) is 29.6 Å². The van der Waals surface area contributed by atoms with Crippen LogP contribution in [0.2, 0.25) is 0 Å². The minimum absolute atomic E-state index is 0. The second-order valence-electron chi connectivity index (χ2n) is 4.61. The molecule has 3 nitrogen and oxygen atoms in total. The van der Waals surface area contributed by atoms with Gasteiger partial charge in [-0.1, -0.05) is 0 Å². The molecule has 1 saturated carbocycles. The third-order valence-corrected chi connectivity index (χ3v) is 3.37. The topological polar surface area (TPSA) is 46.3 Å². The number of nitrogens with zero attached hydrogens (tertiary/aromatic N) is 1. The number of carbonyl (C=O) groups is 1. The molecule has 0 saturated heterocycles. The Labute approximate surface area is 105 Å². The number of benzene rings is 1. The van der Waals surface area contributed by atoms with E-state index in [9.17, 15) is 9.18 Å². The Bertz CT molecular complexity index is 466. The van der Waals surface area contributed by atoms with Gasteiger partial charge in [0.15, 0.2) is 0 Å². The third-order valence-electron chi connectivity index (χ3n) is 3.37. The van der Waals surface area contributed by atoms with Crippen molar-refractivity contribution in [3.63, 3.8) is 0 Å². The Morgan fingerprint density at radius 1 is 1.47 bits per heavy atom. The molecule has 1 aliphatic carbocycles. The van der Waals surface area contributed by atoms with Crippen LogP contribution in [0, 0.1) is 11.7 Å². The maximum Gasteiger partial charge on any atom is 0.231 e. The Hall–Kier alpha value is -1.13. The minimum atomic E-state index is -0.281. The number of amides is 1. The normalized spacial score (nSPS) is 25.5. The van der Waals surface area contributed by atoms with E-state index in [1.807, 2.05) is 0 Å². The number of hydrogen-bond donors (Lipinski definition) is 1. The Morgan fingerprint density at radius 2 is 2.18 bits per heavy atom. The van der Waals surface area contributed by atoms with Gasteiger partial charge >= 0.3 is 0 Å². The van der Waals surface area contributed by atoms with Crippen LogP contribution in [-0.2, 0) is 11.2 Å². The highest BCUT2D eigenvalue weighted by atomic mass is 35.5. The van der Waals surface area contributed by atoms with Crippen molar-refractivity contribution in [1.29, 1.82) is 0 Å². The molecule has 0 radical (unpaired) electrons. The summed E-state index contributed by atoms with van der Waals surface area (Å²) in [7, 11) is 0. The van der Waals surface area contributed by atoms with Crippen LogP contribution in [0.5, 0.6) is 0 Å². The van der Waals surface area contributed by atoms with Crippen LogP contribution in [0.15, 0.2) is 18.2 Å². The molecule has 0 bridgehead atoms. The molecule has 2 aliphatic rings. The van der Waals surface area contributed by atoms with E-state index in [1.54, 1.807) is 11.0 Å². The first-order valence-electron chi connectivity index (χ1n) is 5.49. The summed E-state index contributed by atoms with van der Waals surface area (Å²) in [5.41, 5.74) is 7.38. The predicted molar refractivity (Wildman–Crippen MR) is 65.8 cm³/mol. The molecule has 17 heavy (non-hydrogen) atoms. The average molecular weight is 257 g/mol. The molecule has 0 aromatic heterocycles. The highest BCUT2D eigenvalue weighted by Gasteiger charge is 2.38. The van der Waals surface area contributed by atoms with Crippen LogP contribution in [0.1, 0.15) is 12.0 Å². The van der Waals surface area contributed by atoms with Crippen molar-refractivity contribution in [2.75, 3.05) is 11.4 Å². The molecule has 1 heterocycles. The Morgan fingerprint density at radius 3 is 2.82 bits per heavy atom. The molecule has 92 valence electrons. The van der Waals surface area contributed by atoms with Gasteiger partial charge in [-0.2, -0.15) is 0 Å². The summed E-state index contributed by atoms with van der Waals surface area (Å²) in [6.45, 7) is 0.679. The van der Waals surface area contributed by atoms with Crippen molar-refractivity contribution in [3.8, 4) is 0 Å². The number of halogens is 2. The summed E-state index contributed by atoms with van der Waals surface area (Å²) in [5, 5.41) is 0. The summed E-state index contributed by atoms with van der Waals surface area (Å²) >= 11 is 0. The van der Waals surface area contributed by atoms with E-state index in [0.717, 1.165) is 17.7 Å². The van der Waals surface area contributed by atoms with Crippen molar-refractivity contribution in [1.82, 2.24) is 0 Å². The second-order valence-corrected chi connectivity index (χ2v) is 4.61. The number of hydrogen-bond acceptors (Lipinski definition) is 2. The molecule has 2 unspecified atom stereocenters. The number of anilines is 1. The smallest absolute Gasteiger partial charge is 0.231 e. The lowest BCUT2D eigenvalue weighted by Crippen LogP contribution is -2.30. The van der Waals surface area contributed by atoms with E-state index in [2.05, 4.69) is 0 Å². The largest absolute Gasteiger partial charge is 0.327 e. The minimum Gasteiger partial charge on any atom is -0.327 e. The van der Waals surface area contributed by atoms with Crippen molar-refractivity contribution >= 4 is 24.0 Å². The first kappa shape index (κ1) is 12.3. The lowest BCUT2D eigenvalue weighted by molar-refractivity contribution is -0.117. The fourth-order valence-corrected chi connectivity index (χ4v) is 2.27. The van der Waals surface area contributed by atoms with Crippen LogP contribution in [0.25, 0.3) is 0 Å². The van der Waals surface area contributed by atoms with Crippen molar-refractivity contribution < 1.29 is 9.18 Å². The summed E-state index contributed by atoms with van der Waals surface area (Å²) in [4.78, 5) is 13.5. The molecule has 1 fully saturated rings. The van der Waals surface area contributed by atoms with Crippen LogP contribution in [0.3, 0.4) is 0 Å². The van der Waals surface area contributed by atoms with Gasteiger partial charge in [0.05, 0.1) is 6.42 Å².